The summed E-state index contributed by atoms with van der Waals surface area (Å²) in [6.45, 7) is 2.30. The molecule has 22 heavy (non-hydrogen) atoms. The van der Waals surface area contributed by atoms with E-state index in [-0.39, 0.29) is 0 Å². The quantitative estimate of drug-likeness (QED) is 0.804. The van der Waals surface area contributed by atoms with Crippen LogP contribution in [-0.4, -0.2) is 29.5 Å². The Kier molecular flexibility index (Phi) is 3.06. The molecule has 114 valence electrons. The normalized spacial score (nSPS) is 21.5. The molecule has 0 saturated heterocycles. The summed E-state index contributed by atoms with van der Waals surface area (Å²) in [4.78, 5) is 9.00. The van der Waals surface area contributed by atoms with E-state index in [4.69, 9.17) is 0 Å². The molecule has 0 radical (unpaired) electrons. The van der Waals surface area contributed by atoms with E-state index in [0.29, 0.717) is 12.0 Å². The first kappa shape index (κ1) is 13.2. The van der Waals surface area contributed by atoms with Crippen molar-refractivity contribution in [2.24, 2.45) is 13.0 Å². The Bertz CT molecular complexity index is 803. The maximum atomic E-state index is 4.65. The first-order valence-electron chi connectivity index (χ1n) is 7.65. The lowest BCUT2D eigenvalue weighted by Crippen LogP contribution is -2.08. The molecule has 1 aliphatic carbocycles. The Balaban J connectivity index is 1.67. The molecule has 0 bridgehead atoms. The van der Waals surface area contributed by atoms with Gasteiger partial charge in [0, 0.05) is 19.4 Å². The van der Waals surface area contributed by atoms with Crippen molar-refractivity contribution in [3.8, 4) is 0 Å². The number of aryl methyl sites for hydroxylation is 1. The van der Waals surface area contributed by atoms with Crippen molar-refractivity contribution in [1.29, 1.82) is 0 Å². The van der Waals surface area contributed by atoms with Gasteiger partial charge < -0.3 is 5.32 Å². The topological polar surface area (TPSA) is 73.5 Å². The number of aromatic nitrogens is 6. The molecule has 7 heteroatoms. The van der Waals surface area contributed by atoms with E-state index in [1.165, 1.54) is 19.3 Å². The van der Waals surface area contributed by atoms with Gasteiger partial charge in [0.05, 0.1) is 29.5 Å². The fraction of sp³-hybridized carbons (Fsp3) is 0.467. The summed E-state index contributed by atoms with van der Waals surface area (Å²) in [5.41, 5.74) is 1.78. The highest BCUT2D eigenvalue weighted by Crippen LogP contribution is 2.35. The van der Waals surface area contributed by atoms with Crippen LogP contribution in [0.2, 0.25) is 0 Å². The highest BCUT2D eigenvalue weighted by Gasteiger charge is 2.25. The molecule has 3 heterocycles. The van der Waals surface area contributed by atoms with Gasteiger partial charge in [0.25, 0.3) is 0 Å². The van der Waals surface area contributed by atoms with Crippen LogP contribution in [0, 0.1) is 5.92 Å². The number of hydrogen-bond acceptors (Lipinski definition) is 5. The van der Waals surface area contributed by atoms with Crippen molar-refractivity contribution in [2.45, 2.75) is 32.2 Å². The SMILES string of the molecule is CC1CCC(n2ncc3cnc(Nc4cnn(C)c4)nc32)C1. The predicted octanol–water partition coefficient (Wildman–Crippen LogP) is 2.66. The fourth-order valence-electron chi connectivity index (χ4n) is 3.18. The second-order valence-corrected chi connectivity index (χ2v) is 6.16. The summed E-state index contributed by atoms with van der Waals surface area (Å²) in [5, 5.41) is 12.8. The molecule has 4 rings (SSSR count). The zero-order valence-electron chi connectivity index (χ0n) is 12.8. The van der Waals surface area contributed by atoms with Gasteiger partial charge in [-0.2, -0.15) is 15.2 Å². The Morgan fingerprint density at radius 3 is 2.82 bits per heavy atom. The minimum Gasteiger partial charge on any atom is -0.321 e. The number of nitrogens with one attached hydrogen (secondary N) is 1. The van der Waals surface area contributed by atoms with Gasteiger partial charge in [-0.25, -0.2) is 9.67 Å². The summed E-state index contributed by atoms with van der Waals surface area (Å²) < 4.78 is 3.81. The Labute approximate surface area is 128 Å². The van der Waals surface area contributed by atoms with Crippen molar-refractivity contribution in [3.05, 3.63) is 24.8 Å². The van der Waals surface area contributed by atoms with E-state index >= 15 is 0 Å². The zero-order valence-corrected chi connectivity index (χ0v) is 12.8. The Morgan fingerprint density at radius 1 is 1.18 bits per heavy atom. The number of hydrogen-bond donors (Lipinski definition) is 1. The summed E-state index contributed by atoms with van der Waals surface area (Å²) >= 11 is 0. The lowest BCUT2D eigenvalue weighted by atomic mass is 10.1. The zero-order chi connectivity index (χ0) is 15.1. The molecule has 1 saturated carbocycles. The van der Waals surface area contributed by atoms with Crippen molar-refractivity contribution >= 4 is 22.7 Å². The van der Waals surface area contributed by atoms with Crippen LogP contribution < -0.4 is 5.32 Å². The molecule has 3 aromatic rings. The summed E-state index contributed by atoms with van der Waals surface area (Å²) in [6, 6.07) is 0.452. The van der Waals surface area contributed by atoms with Crippen LogP contribution in [0.3, 0.4) is 0 Å². The van der Waals surface area contributed by atoms with Crippen LogP contribution in [0.25, 0.3) is 11.0 Å². The maximum Gasteiger partial charge on any atom is 0.229 e. The van der Waals surface area contributed by atoms with Crippen molar-refractivity contribution in [2.75, 3.05) is 5.32 Å². The minimum atomic E-state index is 0.452. The van der Waals surface area contributed by atoms with Crippen molar-refractivity contribution < 1.29 is 0 Å². The van der Waals surface area contributed by atoms with Gasteiger partial charge in [0.2, 0.25) is 5.95 Å². The second kappa shape index (κ2) is 5.08. The highest BCUT2D eigenvalue weighted by atomic mass is 15.3. The number of nitrogens with zero attached hydrogens (tertiary/aromatic N) is 6. The standard InChI is InChI=1S/C15H19N7/c1-10-3-4-13(5-10)22-14-11(7-18-22)6-16-15(20-14)19-12-8-17-21(2)9-12/h6-10,13H,3-5H2,1-2H3,(H,16,19,20). The smallest absolute Gasteiger partial charge is 0.229 e. The molecule has 1 fully saturated rings. The van der Waals surface area contributed by atoms with Crippen LogP contribution in [0.1, 0.15) is 32.2 Å². The van der Waals surface area contributed by atoms with Gasteiger partial charge in [-0.15, -0.1) is 0 Å². The molecule has 0 spiro atoms. The fourth-order valence-corrected chi connectivity index (χ4v) is 3.18. The molecule has 2 unspecified atom stereocenters. The number of rotatable bonds is 3. The van der Waals surface area contributed by atoms with Gasteiger partial charge in [0.1, 0.15) is 0 Å². The van der Waals surface area contributed by atoms with E-state index in [9.17, 15) is 0 Å². The van der Waals surface area contributed by atoms with Crippen LogP contribution in [0.15, 0.2) is 24.8 Å². The van der Waals surface area contributed by atoms with Gasteiger partial charge in [0.15, 0.2) is 5.65 Å². The average molecular weight is 297 g/mol. The lowest BCUT2D eigenvalue weighted by Gasteiger charge is -2.11. The third-order valence-electron chi connectivity index (χ3n) is 4.31. The van der Waals surface area contributed by atoms with Gasteiger partial charge in [-0.3, -0.25) is 4.68 Å². The summed E-state index contributed by atoms with van der Waals surface area (Å²) in [5.74, 6) is 1.34. The molecular formula is C15H19N7. The molecule has 0 aliphatic heterocycles. The number of fused-ring (bicyclic) bond motifs is 1. The van der Waals surface area contributed by atoms with Crippen LogP contribution in [-0.2, 0) is 7.05 Å². The molecule has 0 aromatic carbocycles. The van der Waals surface area contributed by atoms with Crippen molar-refractivity contribution in [3.63, 3.8) is 0 Å². The first-order chi connectivity index (χ1) is 10.7. The molecule has 3 aromatic heterocycles. The first-order valence-corrected chi connectivity index (χ1v) is 7.65. The third kappa shape index (κ3) is 2.32. The van der Waals surface area contributed by atoms with E-state index in [0.717, 1.165) is 22.6 Å². The van der Waals surface area contributed by atoms with E-state index in [1.807, 2.05) is 25.6 Å². The Hall–Kier alpha value is -2.44. The average Bonchev–Trinajstić information content (AvgIpc) is 3.19. The van der Waals surface area contributed by atoms with Crippen LogP contribution >= 0.6 is 0 Å². The van der Waals surface area contributed by atoms with Crippen molar-refractivity contribution in [1.82, 2.24) is 29.5 Å². The molecule has 1 aliphatic rings. The largest absolute Gasteiger partial charge is 0.321 e. The Morgan fingerprint density at radius 2 is 2.09 bits per heavy atom. The number of anilines is 2. The summed E-state index contributed by atoms with van der Waals surface area (Å²) in [7, 11) is 1.88. The van der Waals surface area contributed by atoms with Gasteiger partial charge in [-0.1, -0.05) is 6.92 Å². The molecular weight excluding hydrogens is 278 g/mol. The van der Waals surface area contributed by atoms with E-state index in [1.54, 1.807) is 10.9 Å². The highest BCUT2D eigenvalue weighted by molar-refractivity contribution is 5.75. The third-order valence-corrected chi connectivity index (χ3v) is 4.31. The van der Waals surface area contributed by atoms with Crippen LogP contribution in [0.4, 0.5) is 11.6 Å². The lowest BCUT2D eigenvalue weighted by molar-refractivity contribution is 0.460. The molecule has 1 N–H and O–H groups in total. The van der Waals surface area contributed by atoms with Crippen LogP contribution in [0.5, 0.6) is 0 Å². The molecule has 2 atom stereocenters. The minimum absolute atomic E-state index is 0.452. The monoisotopic (exact) mass is 297 g/mol. The molecule has 0 amide bonds. The van der Waals surface area contributed by atoms with Gasteiger partial charge in [-0.05, 0) is 25.2 Å². The summed E-state index contributed by atoms with van der Waals surface area (Å²) in [6.07, 6.45) is 10.9. The van der Waals surface area contributed by atoms with Gasteiger partial charge >= 0.3 is 0 Å². The van der Waals surface area contributed by atoms with E-state index < -0.39 is 0 Å². The van der Waals surface area contributed by atoms with E-state index in [2.05, 4.69) is 37.1 Å². The predicted molar refractivity (Wildman–Crippen MR) is 83.9 cm³/mol. The molecule has 7 nitrogen and oxygen atoms in total. The second-order valence-electron chi connectivity index (χ2n) is 6.16. The maximum absolute atomic E-state index is 4.65.